The molecule has 1 saturated heterocycles. The number of benzene rings is 2. The molecule has 0 aromatic heterocycles. The molecule has 1 aliphatic heterocycles. The Labute approximate surface area is 189 Å². The summed E-state index contributed by atoms with van der Waals surface area (Å²) in [4.78, 5) is 29.8. The third-order valence-electron chi connectivity index (χ3n) is 5.70. The molecule has 32 heavy (non-hydrogen) atoms. The molecule has 0 radical (unpaired) electrons. The van der Waals surface area contributed by atoms with Gasteiger partial charge in [0.25, 0.3) is 11.7 Å². The van der Waals surface area contributed by atoms with E-state index in [1.54, 1.807) is 35.2 Å². The largest absolute Gasteiger partial charge is 0.507 e. The molecule has 1 amide bonds. The van der Waals surface area contributed by atoms with Crippen molar-refractivity contribution in [3.63, 3.8) is 0 Å². The van der Waals surface area contributed by atoms with Crippen LogP contribution in [0.25, 0.3) is 5.76 Å². The molecule has 2 aromatic carbocycles. The lowest BCUT2D eigenvalue weighted by molar-refractivity contribution is -0.140. The van der Waals surface area contributed by atoms with Crippen LogP contribution in [0.15, 0.2) is 72.8 Å². The van der Waals surface area contributed by atoms with Crippen LogP contribution in [0, 0.1) is 0 Å². The number of likely N-dealkylation sites (tertiary alicyclic amines) is 1. The quantitative estimate of drug-likeness (QED) is 0.265. The summed E-state index contributed by atoms with van der Waals surface area (Å²) < 4.78 is 5.49. The van der Waals surface area contributed by atoms with Crippen molar-refractivity contribution in [3.05, 3.63) is 84.0 Å². The fraction of sp³-hybridized carbons (Fsp3) is 0.308. The SMILES string of the molecule is C=CCOc1ccc(C(O)=C2C(=O)C(=O)N(CCN(CC)CC)[C@@H]2c2ccccc2)cc1. The lowest BCUT2D eigenvalue weighted by atomic mass is 9.95. The Balaban J connectivity index is 2.00. The van der Waals surface area contributed by atoms with Gasteiger partial charge in [-0.2, -0.15) is 0 Å². The van der Waals surface area contributed by atoms with E-state index in [1.165, 1.54) is 0 Å². The summed E-state index contributed by atoms with van der Waals surface area (Å²) in [5, 5.41) is 11.1. The lowest BCUT2D eigenvalue weighted by Crippen LogP contribution is -2.38. The number of aliphatic hydroxyl groups excluding tert-OH is 1. The zero-order valence-electron chi connectivity index (χ0n) is 18.7. The maximum Gasteiger partial charge on any atom is 0.295 e. The number of nitrogens with zero attached hydrogens (tertiary/aromatic N) is 2. The summed E-state index contributed by atoms with van der Waals surface area (Å²) >= 11 is 0. The molecule has 2 aromatic rings. The first-order valence-corrected chi connectivity index (χ1v) is 10.9. The van der Waals surface area contributed by atoms with Crippen molar-refractivity contribution in [2.24, 2.45) is 0 Å². The number of hydrogen-bond acceptors (Lipinski definition) is 5. The summed E-state index contributed by atoms with van der Waals surface area (Å²) in [7, 11) is 0. The van der Waals surface area contributed by atoms with E-state index in [0.29, 0.717) is 31.0 Å². The summed E-state index contributed by atoms with van der Waals surface area (Å²) in [5.41, 5.74) is 1.36. The molecule has 0 unspecified atom stereocenters. The molecule has 1 heterocycles. The molecular formula is C26H30N2O4. The summed E-state index contributed by atoms with van der Waals surface area (Å²) in [5.74, 6) is -0.806. The average molecular weight is 435 g/mol. The number of amides is 1. The Morgan fingerprint density at radius 3 is 2.34 bits per heavy atom. The molecule has 0 saturated carbocycles. The molecule has 1 fully saturated rings. The third kappa shape index (κ3) is 4.92. The minimum Gasteiger partial charge on any atom is -0.507 e. The summed E-state index contributed by atoms with van der Waals surface area (Å²) in [6.45, 7) is 10.9. The number of rotatable bonds is 10. The molecular weight excluding hydrogens is 404 g/mol. The number of ketones is 1. The molecule has 0 aliphatic carbocycles. The van der Waals surface area contributed by atoms with Crippen LogP contribution in [-0.2, 0) is 9.59 Å². The Morgan fingerprint density at radius 1 is 1.09 bits per heavy atom. The van der Waals surface area contributed by atoms with Crippen LogP contribution in [0.3, 0.4) is 0 Å². The highest BCUT2D eigenvalue weighted by Crippen LogP contribution is 2.39. The molecule has 6 heteroatoms. The minimum atomic E-state index is -0.664. The van der Waals surface area contributed by atoms with Crippen LogP contribution < -0.4 is 4.74 Å². The van der Waals surface area contributed by atoms with Crippen LogP contribution in [-0.4, -0.2) is 59.4 Å². The van der Waals surface area contributed by atoms with E-state index in [2.05, 4.69) is 25.3 Å². The molecule has 1 atom stereocenters. The smallest absolute Gasteiger partial charge is 0.295 e. The van der Waals surface area contributed by atoms with Crippen LogP contribution in [0.5, 0.6) is 5.75 Å². The standard InChI is InChI=1S/C26H30N2O4/c1-4-18-32-21-14-12-20(13-15-21)24(29)22-23(19-10-8-7-9-11-19)28(26(31)25(22)30)17-16-27(5-2)6-3/h4,7-15,23,29H,1,5-6,16-18H2,2-3H3/t23-/m1/s1. The van der Waals surface area contributed by atoms with Gasteiger partial charge in [0.15, 0.2) is 0 Å². The van der Waals surface area contributed by atoms with Gasteiger partial charge in [-0.25, -0.2) is 0 Å². The normalized spacial score (nSPS) is 17.7. The van der Waals surface area contributed by atoms with E-state index in [-0.39, 0.29) is 11.3 Å². The van der Waals surface area contributed by atoms with Crippen LogP contribution >= 0.6 is 0 Å². The minimum absolute atomic E-state index is 0.112. The van der Waals surface area contributed by atoms with Gasteiger partial charge in [-0.15, -0.1) is 0 Å². The Morgan fingerprint density at radius 2 is 1.75 bits per heavy atom. The monoisotopic (exact) mass is 434 g/mol. The van der Waals surface area contributed by atoms with Crippen LogP contribution in [0.4, 0.5) is 0 Å². The number of carbonyl (C=O) groups is 2. The fourth-order valence-electron chi connectivity index (χ4n) is 3.90. The van der Waals surface area contributed by atoms with E-state index in [1.807, 2.05) is 30.3 Å². The second-order valence-corrected chi connectivity index (χ2v) is 7.55. The zero-order valence-corrected chi connectivity index (χ0v) is 18.7. The number of ether oxygens (including phenoxy) is 1. The van der Waals surface area contributed by atoms with Crippen molar-refractivity contribution in [3.8, 4) is 5.75 Å². The zero-order chi connectivity index (χ0) is 23.1. The summed E-state index contributed by atoms with van der Waals surface area (Å²) in [6.07, 6.45) is 1.65. The molecule has 6 nitrogen and oxygen atoms in total. The first-order chi connectivity index (χ1) is 15.5. The maximum absolute atomic E-state index is 13.0. The van der Waals surface area contributed by atoms with Gasteiger partial charge < -0.3 is 19.6 Å². The number of aliphatic hydroxyl groups is 1. The topological polar surface area (TPSA) is 70.1 Å². The van der Waals surface area contributed by atoms with Gasteiger partial charge in [0.2, 0.25) is 0 Å². The Hall–Kier alpha value is -3.38. The Kier molecular flexibility index (Phi) is 7.84. The highest BCUT2D eigenvalue weighted by atomic mass is 16.5. The third-order valence-corrected chi connectivity index (χ3v) is 5.70. The van der Waals surface area contributed by atoms with Crippen molar-refractivity contribution in [2.45, 2.75) is 19.9 Å². The molecule has 1 N–H and O–H groups in total. The Bertz CT molecular complexity index is 979. The van der Waals surface area contributed by atoms with Gasteiger partial charge in [-0.1, -0.05) is 56.8 Å². The number of likely N-dealkylation sites (N-methyl/N-ethyl adjacent to an activating group) is 1. The predicted molar refractivity (Wildman–Crippen MR) is 125 cm³/mol. The first-order valence-electron chi connectivity index (χ1n) is 10.9. The molecule has 3 rings (SSSR count). The van der Waals surface area contributed by atoms with Gasteiger partial charge in [-0.3, -0.25) is 9.59 Å². The average Bonchev–Trinajstić information content (AvgIpc) is 3.08. The molecule has 168 valence electrons. The highest BCUT2D eigenvalue weighted by molar-refractivity contribution is 6.46. The van der Waals surface area contributed by atoms with Gasteiger partial charge in [0.05, 0.1) is 11.6 Å². The van der Waals surface area contributed by atoms with E-state index in [9.17, 15) is 14.7 Å². The first kappa shape index (κ1) is 23.3. The van der Waals surface area contributed by atoms with E-state index in [4.69, 9.17) is 4.74 Å². The van der Waals surface area contributed by atoms with Crippen LogP contribution in [0.1, 0.15) is 31.0 Å². The molecule has 0 spiro atoms. The van der Waals surface area contributed by atoms with Crippen LogP contribution in [0.2, 0.25) is 0 Å². The van der Waals surface area contributed by atoms with Crippen molar-refractivity contribution in [1.29, 1.82) is 0 Å². The van der Waals surface area contributed by atoms with E-state index in [0.717, 1.165) is 18.7 Å². The van der Waals surface area contributed by atoms with Crippen molar-refractivity contribution in [2.75, 3.05) is 32.8 Å². The fourth-order valence-corrected chi connectivity index (χ4v) is 3.90. The molecule has 1 aliphatic rings. The summed E-state index contributed by atoms with van der Waals surface area (Å²) in [6, 6.07) is 15.5. The highest BCUT2D eigenvalue weighted by Gasteiger charge is 2.45. The van der Waals surface area contributed by atoms with Gasteiger partial charge >= 0.3 is 0 Å². The lowest BCUT2D eigenvalue weighted by Gasteiger charge is -2.28. The number of Topliss-reactive ketones (excluding diaryl/α,β-unsaturated/α-hetero) is 1. The second kappa shape index (κ2) is 10.8. The van der Waals surface area contributed by atoms with Crippen molar-refractivity contribution >= 4 is 17.4 Å². The number of carbonyl (C=O) groups excluding carboxylic acids is 2. The number of hydrogen-bond donors (Lipinski definition) is 1. The predicted octanol–water partition coefficient (Wildman–Crippen LogP) is 4.01. The molecule has 0 bridgehead atoms. The van der Waals surface area contributed by atoms with Gasteiger partial charge in [0.1, 0.15) is 18.1 Å². The maximum atomic E-state index is 13.0. The van der Waals surface area contributed by atoms with E-state index < -0.39 is 17.7 Å². The second-order valence-electron chi connectivity index (χ2n) is 7.55. The van der Waals surface area contributed by atoms with Crippen molar-refractivity contribution < 1.29 is 19.4 Å². The van der Waals surface area contributed by atoms with E-state index >= 15 is 0 Å². The van der Waals surface area contributed by atoms with Gasteiger partial charge in [0, 0.05) is 18.7 Å². The van der Waals surface area contributed by atoms with Gasteiger partial charge in [-0.05, 0) is 42.9 Å². The van der Waals surface area contributed by atoms with Crippen molar-refractivity contribution in [1.82, 2.24) is 9.80 Å².